The van der Waals surface area contributed by atoms with Gasteiger partial charge < -0.3 is 30.0 Å². The second kappa shape index (κ2) is 7.98. The number of carbonyl (C=O) groups is 1. The van der Waals surface area contributed by atoms with Gasteiger partial charge in [0.15, 0.2) is 6.29 Å². The minimum absolute atomic E-state index is 0.0887. The summed E-state index contributed by atoms with van der Waals surface area (Å²) >= 11 is 0. The minimum atomic E-state index is -1.74. The van der Waals surface area contributed by atoms with E-state index in [1.165, 1.54) is 0 Å². The molecule has 0 saturated carbocycles. The van der Waals surface area contributed by atoms with Gasteiger partial charge in [-0.05, 0) is 5.56 Å². The Morgan fingerprint density at radius 3 is 2.26 bits per heavy atom. The van der Waals surface area contributed by atoms with Gasteiger partial charge in [0.05, 0.1) is 13.2 Å². The van der Waals surface area contributed by atoms with E-state index in [0.717, 1.165) is 5.56 Å². The van der Waals surface area contributed by atoms with Crippen molar-refractivity contribution in [2.45, 2.75) is 31.0 Å². The lowest BCUT2D eigenvalue weighted by molar-refractivity contribution is -0.139. The third kappa shape index (κ3) is 5.06. The van der Waals surface area contributed by atoms with Crippen molar-refractivity contribution in [3.05, 3.63) is 35.9 Å². The van der Waals surface area contributed by atoms with Crippen molar-refractivity contribution in [3.8, 4) is 0 Å². The Kier molecular flexibility index (Phi) is 6.61. The van der Waals surface area contributed by atoms with Crippen LogP contribution in [0.2, 0.25) is 0 Å². The van der Waals surface area contributed by atoms with Crippen LogP contribution in [-0.2, 0) is 16.1 Å². The highest BCUT2D eigenvalue weighted by molar-refractivity contribution is 5.56. The van der Waals surface area contributed by atoms with Gasteiger partial charge in [0, 0.05) is 0 Å². The van der Waals surface area contributed by atoms with Crippen molar-refractivity contribution >= 4 is 6.29 Å². The van der Waals surface area contributed by atoms with Crippen molar-refractivity contribution in [2.24, 2.45) is 0 Å². The predicted octanol–water partition coefficient (Wildman–Crippen LogP) is -1.15. The zero-order valence-corrected chi connectivity index (χ0v) is 10.3. The molecule has 0 amide bonds. The van der Waals surface area contributed by atoms with Crippen LogP contribution in [0.15, 0.2) is 30.3 Å². The van der Waals surface area contributed by atoms with Crippen LogP contribution in [0.4, 0.5) is 0 Å². The number of aliphatic hydroxyl groups is 4. The average molecular weight is 270 g/mol. The fraction of sp³-hybridized carbons (Fsp3) is 0.462. The standard InChI is InChI=1S/C13H18O6/c14-6-10(15)12(17)13(18)11(16)8-19-7-9-4-2-1-3-5-9/h1-6,10-13,15-18H,7-8H2/t10-,11+,12+,13-/m0/s1. The lowest BCUT2D eigenvalue weighted by Gasteiger charge is -2.24. The minimum Gasteiger partial charge on any atom is -0.388 e. The van der Waals surface area contributed by atoms with Crippen LogP contribution in [0.25, 0.3) is 0 Å². The lowest BCUT2D eigenvalue weighted by Crippen LogP contribution is -2.46. The summed E-state index contributed by atoms with van der Waals surface area (Å²) in [4.78, 5) is 10.2. The maximum Gasteiger partial charge on any atom is 0.151 e. The van der Waals surface area contributed by atoms with Gasteiger partial charge in [0.1, 0.15) is 24.4 Å². The Balaban J connectivity index is 2.34. The maximum absolute atomic E-state index is 10.2. The van der Waals surface area contributed by atoms with Gasteiger partial charge in [-0.3, -0.25) is 0 Å². The summed E-state index contributed by atoms with van der Waals surface area (Å²) in [5, 5.41) is 37.4. The van der Waals surface area contributed by atoms with Gasteiger partial charge in [-0.25, -0.2) is 0 Å². The number of carbonyl (C=O) groups excluding carboxylic acids is 1. The van der Waals surface area contributed by atoms with E-state index in [-0.39, 0.29) is 19.5 Å². The molecule has 4 N–H and O–H groups in total. The number of benzene rings is 1. The molecule has 0 aliphatic carbocycles. The first kappa shape index (κ1) is 15.7. The summed E-state index contributed by atoms with van der Waals surface area (Å²) in [6.07, 6.45) is -6.44. The Bertz CT molecular complexity index is 369. The Morgan fingerprint density at radius 1 is 1.05 bits per heavy atom. The zero-order valence-electron chi connectivity index (χ0n) is 10.3. The highest BCUT2D eigenvalue weighted by Crippen LogP contribution is 2.06. The van der Waals surface area contributed by atoms with Crippen LogP contribution in [0.3, 0.4) is 0 Å². The molecule has 0 aliphatic rings. The van der Waals surface area contributed by atoms with Crippen molar-refractivity contribution in [3.63, 3.8) is 0 Å². The van der Waals surface area contributed by atoms with Crippen LogP contribution < -0.4 is 0 Å². The molecule has 0 aromatic heterocycles. The van der Waals surface area contributed by atoms with Crippen LogP contribution >= 0.6 is 0 Å². The summed E-state index contributed by atoms with van der Waals surface area (Å²) in [6, 6.07) is 9.23. The van der Waals surface area contributed by atoms with Gasteiger partial charge in [0.25, 0.3) is 0 Å². The smallest absolute Gasteiger partial charge is 0.151 e. The Morgan fingerprint density at radius 2 is 1.68 bits per heavy atom. The van der Waals surface area contributed by atoms with E-state index in [0.29, 0.717) is 0 Å². The molecular weight excluding hydrogens is 252 g/mol. The molecule has 0 heterocycles. The summed E-state index contributed by atoms with van der Waals surface area (Å²) in [5.74, 6) is 0. The van der Waals surface area contributed by atoms with E-state index in [2.05, 4.69) is 0 Å². The molecule has 0 unspecified atom stereocenters. The molecule has 6 nitrogen and oxygen atoms in total. The van der Waals surface area contributed by atoms with E-state index in [1.807, 2.05) is 30.3 Å². The number of aliphatic hydroxyl groups excluding tert-OH is 4. The van der Waals surface area contributed by atoms with E-state index in [1.54, 1.807) is 0 Å². The summed E-state index contributed by atoms with van der Waals surface area (Å²) in [7, 11) is 0. The van der Waals surface area contributed by atoms with Gasteiger partial charge in [-0.15, -0.1) is 0 Å². The molecule has 0 saturated heterocycles. The Labute approximate surface area is 110 Å². The van der Waals surface area contributed by atoms with Crippen LogP contribution in [0.5, 0.6) is 0 Å². The van der Waals surface area contributed by atoms with Crippen LogP contribution in [0, 0.1) is 0 Å². The van der Waals surface area contributed by atoms with Crippen LogP contribution in [-0.4, -0.2) is 57.7 Å². The lowest BCUT2D eigenvalue weighted by atomic mass is 10.0. The van der Waals surface area contributed by atoms with Gasteiger partial charge in [-0.1, -0.05) is 30.3 Å². The zero-order chi connectivity index (χ0) is 14.3. The molecule has 1 rings (SSSR count). The first-order valence-electron chi connectivity index (χ1n) is 5.85. The molecule has 1 aromatic carbocycles. The number of hydrogen-bond acceptors (Lipinski definition) is 6. The first-order chi connectivity index (χ1) is 9.06. The number of aldehydes is 1. The average Bonchev–Trinajstić information content (AvgIpc) is 2.45. The normalized spacial score (nSPS) is 17.5. The third-order valence-electron chi connectivity index (χ3n) is 2.63. The SMILES string of the molecule is O=C[C@H](O)[C@@H](O)[C@@H](O)[C@H](O)COCc1ccccc1. The molecule has 0 bridgehead atoms. The molecule has 19 heavy (non-hydrogen) atoms. The fourth-order valence-corrected chi connectivity index (χ4v) is 1.48. The second-order valence-corrected chi connectivity index (χ2v) is 4.18. The number of hydrogen-bond donors (Lipinski definition) is 4. The molecule has 0 radical (unpaired) electrons. The topological polar surface area (TPSA) is 107 Å². The number of rotatable bonds is 8. The van der Waals surface area contributed by atoms with E-state index in [4.69, 9.17) is 9.84 Å². The molecule has 0 fully saturated rings. The Hall–Kier alpha value is -1.31. The van der Waals surface area contributed by atoms with Crippen molar-refractivity contribution < 1.29 is 30.0 Å². The van der Waals surface area contributed by atoms with Gasteiger partial charge in [0.2, 0.25) is 0 Å². The van der Waals surface area contributed by atoms with E-state index in [9.17, 15) is 20.1 Å². The first-order valence-corrected chi connectivity index (χ1v) is 5.85. The van der Waals surface area contributed by atoms with E-state index < -0.39 is 24.4 Å². The van der Waals surface area contributed by atoms with Crippen molar-refractivity contribution in [2.75, 3.05) is 6.61 Å². The summed E-state index contributed by atoms with van der Waals surface area (Å²) < 4.78 is 5.18. The molecule has 1 aromatic rings. The summed E-state index contributed by atoms with van der Waals surface area (Å²) in [6.45, 7) is 0.0235. The maximum atomic E-state index is 10.2. The molecule has 0 spiro atoms. The molecular formula is C13H18O6. The number of ether oxygens (including phenoxy) is 1. The highest BCUT2D eigenvalue weighted by atomic mass is 16.5. The summed E-state index contributed by atoms with van der Waals surface area (Å²) in [5.41, 5.74) is 0.901. The van der Waals surface area contributed by atoms with E-state index >= 15 is 0 Å². The highest BCUT2D eigenvalue weighted by Gasteiger charge is 2.30. The molecule has 106 valence electrons. The monoisotopic (exact) mass is 270 g/mol. The second-order valence-electron chi connectivity index (χ2n) is 4.18. The van der Waals surface area contributed by atoms with Gasteiger partial charge in [-0.2, -0.15) is 0 Å². The third-order valence-corrected chi connectivity index (χ3v) is 2.63. The predicted molar refractivity (Wildman–Crippen MR) is 66.2 cm³/mol. The molecule has 4 atom stereocenters. The van der Waals surface area contributed by atoms with Crippen molar-refractivity contribution in [1.29, 1.82) is 0 Å². The fourth-order valence-electron chi connectivity index (χ4n) is 1.48. The quantitative estimate of drug-likeness (QED) is 0.444. The van der Waals surface area contributed by atoms with Gasteiger partial charge >= 0.3 is 0 Å². The van der Waals surface area contributed by atoms with Crippen LogP contribution in [0.1, 0.15) is 5.56 Å². The molecule has 6 heteroatoms. The largest absolute Gasteiger partial charge is 0.388 e. The van der Waals surface area contributed by atoms with Crippen molar-refractivity contribution in [1.82, 2.24) is 0 Å². The molecule has 0 aliphatic heterocycles.